The van der Waals surface area contributed by atoms with Crippen LogP contribution in [0.3, 0.4) is 0 Å². The second-order valence-corrected chi connectivity index (χ2v) is 3.38. The van der Waals surface area contributed by atoms with Crippen molar-refractivity contribution in [1.29, 1.82) is 0 Å². The van der Waals surface area contributed by atoms with Crippen LogP contribution in [0, 0.1) is 5.41 Å². The maximum absolute atomic E-state index is 11.8. The van der Waals surface area contributed by atoms with Crippen LogP contribution in [0.2, 0.25) is 0 Å². The number of hydrogen-bond donors (Lipinski definition) is 2. The molecule has 0 aromatic rings. The molecule has 0 bridgehead atoms. The zero-order valence-corrected chi connectivity index (χ0v) is 6.60. The lowest BCUT2D eigenvalue weighted by Gasteiger charge is -2.23. The van der Waals surface area contributed by atoms with Crippen molar-refractivity contribution >= 4 is 0 Å². The summed E-state index contributed by atoms with van der Waals surface area (Å²) in [5.74, 6) is 0. The van der Waals surface area contributed by atoms with Crippen LogP contribution < -0.4 is 5.73 Å². The Labute approximate surface area is 61.2 Å². The Kier molecular flexibility index (Phi) is 3.83. The van der Waals surface area contributed by atoms with Gasteiger partial charge in [0, 0.05) is 0 Å². The molecule has 3 heteroatoms. The average Bonchev–Trinajstić information content (AvgIpc) is 1.87. The minimum Gasteiger partial charge on any atom is -0.390 e. The van der Waals surface area contributed by atoms with Crippen LogP contribution in [0.15, 0.2) is 0 Å². The van der Waals surface area contributed by atoms with Gasteiger partial charge in [-0.1, -0.05) is 13.8 Å². The molecular formula is C7H16FNO. The molecule has 0 aliphatic rings. The van der Waals surface area contributed by atoms with E-state index in [1.54, 1.807) is 0 Å². The summed E-state index contributed by atoms with van der Waals surface area (Å²) in [6.45, 7) is 3.62. The van der Waals surface area contributed by atoms with Crippen LogP contribution in [0.25, 0.3) is 0 Å². The van der Waals surface area contributed by atoms with E-state index in [0.29, 0.717) is 13.0 Å². The SMILES string of the molecule is CC(C)(CN)CC(O)CF. The number of alkyl halides is 1. The number of nitrogens with two attached hydrogens (primary N) is 1. The molecule has 2 nitrogen and oxygen atoms in total. The van der Waals surface area contributed by atoms with E-state index in [2.05, 4.69) is 0 Å². The molecule has 0 heterocycles. The van der Waals surface area contributed by atoms with Crippen molar-refractivity contribution in [3.05, 3.63) is 0 Å². The van der Waals surface area contributed by atoms with E-state index in [0.717, 1.165) is 0 Å². The minimum absolute atomic E-state index is 0.147. The first-order valence-electron chi connectivity index (χ1n) is 3.46. The van der Waals surface area contributed by atoms with Gasteiger partial charge < -0.3 is 10.8 Å². The molecule has 0 aromatic carbocycles. The Balaban J connectivity index is 3.64. The van der Waals surface area contributed by atoms with Crippen LogP contribution in [0.5, 0.6) is 0 Å². The second-order valence-electron chi connectivity index (χ2n) is 3.38. The van der Waals surface area contributed by atoms with Gasteiger partial charge in [0.15, 0.2) is 0 Å². The first-order valence-corrected chi connectivity index (χ1v) is 3.46. The van der Waals surface area contributed by atoms with E-state index in [1.807, 2.05) is 13.8 Å². The molecule has 62 valence electrons. The summed E-state index contributed by atoms with van der Waals surface area (Å²) >= 11 is 0. The van der Waals surface area contributed by atoms with Gasteiger partial charge in [-0.15, -0.1) is 0 Å². The molecular weight excluding hydrogens is 133 g/mol. The maximum atomic E-state index is 11.8. The van der Waals surface area contributed by atoms with Gasteiger partial charge in [0.1, 0.15) is 6.67 Å². The first-order chi connectivity index (χ1) is 4.52. The summed E-state index contributed by atoms with van der Waals surface area (Å²) in [5, 5.41) is 8.89. The summed E-state index contributed by atoms with van der Waals surface area (Å²) in [7, 11) is 0. The van der Waals surface area contributed by atoms with E-state index in [4.69, 9.17) is 10.8 Å². The molecule has 0 aromatic heterocycles. The molecule has 10 heavy (non-hydrogen) atoms. The highest BCUT2D eigenvalue weighted by Gasteiger charge is 2.19. The number of halogens is 1. The van der Waals surface area contributed by atoms with Gasteiger partial charge in [0.2, 0.25) is 0 Å². The van der Waals surface area contributed by atoms with Crippen LogP contribution in [-0.2, 0) is 0 Å². The Morgan fingerprint density at radius 3 is 2.40 bits per heavy atom. The summed E-state index contributed by atoms with van der Waals surface area (Å²) in [6, 6.07) is 0. The van der Waals surface area contributed by atoms with Crippen molar-refractivity contribution in [1.82, 2.24) is 0 Å². The Bertz CT molecular complexity index is 95.6. The fraction of sp³-hybridized carbons (Fsp3) is 1.00. The number of hydrogen-bond acceptors (Lipinski definition) is 2. The molecule has 0 rings (SSSR count). The number of aliphatic hydroxyl groups excluding tert-OH is 1. The molecule has 0 aliphatic heterocycles. The van der Waals surface area contributed by atoms with Gasteiger partial charge in [0.25, 0.3) is 0 Å². The lowest BCUT2D eigenvalue weighted by atomic mass is 9.87. The lowest BCUT2D eigenvalue weighted by Crippen LogP contribution is -2.29. The topological polar surface area (TPSA) is 46.2 Å². The third kappa shape index (κ3) is 3.80. The highest BCUT2D eigenvalue weighted by Crippen LogP contribution is 2.20. The van der Waals surface area contributed by atoms with Crippen LogP contribution in [0.1, 0.15) is 20.3 Å². The van der Waals surface area contributed by atoms with E-state index in [9.17, 15) is 4.39 Å². The molecule has 0 saturated carbocycles. The average molecular weight is 149 g/mol. The normalized spacial score (nSPS) is 15.3. The number of rotatable bonds is 4. The van der Waals surface area contributed by atoms with Gasteiger partial charge in [-0.05, 0) is 18.4 Å². The fourth-order valence-electron chi connectivity index (χ4n) is 0.776. The largest absolute Gasteiger partial charge is 0.390 e. The summed E-state index contributed by atoms with van der Waals surface area (Å²) in [6.07, 6.45) is -0.418. The molecule has 0 aliphatic carbocycles. The molecule has 0 fully saturated rings. The van der Waals surface area contributed by atoms with E-state index in [-0.39, 0.29) is 5.41 Å². The molecule has 0 radical (unpaired) electrons. The van der Waals surface area contributed by atoms with Gasteiger partial charge in [-0.25, -0.2) is 4.39 Å². The summed E-state index contributed by atoms with van der Waals surface area (Å²) in [5.41, 5.74) is 5.23. The van der Waals surface area contributed by atoms with Crippen LogP contribution in [-0.4, -0.2) is 24.4 Å². The van der Waals surface area contributed by atoms with Crippen LogP contribution >= 0.6 is 0 Å². The quantitative estimate of drug-likeness (QED) is 0.617. The van der Waals surface area contributed by atoms with Crippen molar-refractivity contribution in [3.8, 4) is 0 Å². The molecule has 0 saturated heterocycles. The van der Waals surface area contributed by atoms with E-state index >= 15 is 0 Å². The highest BCUT2D eigenvalue weighted by atomic mass is 19.1. The molecule has 0 amide bonds. The molecule has 1 unspecified atom stereocenters. The standard InChI is InChI=1S/C7H16FNO/c1-7(2,5-9)3-6(10)4-8/h6,10H,3-5,9H2,1-2H3. The van der Waals surface area contributed by atoms with Crippen molar-refractivity contribution in [2.24, 2.45) is 11.1 Å². The maximum Gasteiger partial charge on any atom is 0.115 e. The van der Waals surface area contributed by atoms with Crippen molar-refractivity contribution < 1.29 is 9.50 Å². The number of aliphatic hydroxyl groups is 1. The van der Waals surface area contributed by atoms with E-state index < -0.39 is 12.8 Å². The van der Waals surface area contributed by atoms with Gasteiger partial charge in [-0.3, -0.25) is 0 Å². The third-order valence-electron chi connectivity index (χ3n) is 1.52. The Hall–Kier alpha value is -0.150. The molecule has 0 spiro atoms. The van der Waals surface area contributed by atoms with Gasteiger partial charge >= 0.3 is 0 Å². The van der Waals surface area contributed by atoms with E-state index in [1.165, 1.54) is 0 Å². The molecule has 1 atom stereocenters. The van der Waals surface area contributed by atoms with Gasteiger partial charge in [-0.2, -0.15) is 0 Å². The summed E-state index contributed by atoms with van der Waals surface area (Å²) in [4.78, 5) is 0. The van der Waals surface area contributed by atoms with Crippen molar-refractivity contribution in [2.75, 3.05) is 13.2 Å². The third-order valence-corrected chi connectivity index (χ3v) is 1.52. The predicted octanol–water partition coefficient (Wildman–Crippen LogP) is 0.692. The van der Waals surface area contributed by atoms with Crippen molar-refractivity contribution in [2.45, 2.75) is 26.4 Å². The first kappa shape index (κ1) is 9.85. The van der Waals surface area contributed by atoms with Gasteiger partial charge in [0.05, 0.1) is 6.10 Å². The Morgan fingerprint density at radius 2 is 2.10 bits per heavy atom. The zero-order valence-electron chi connectivity index (χ0n) is 6.60. The summed E-state index contributed by atoms with van der Waals surface area (Å²) < 4.78 is 11.8. The molecule has 3 N–H and O–H groups in total. The second kappa shape index (κ2) is 3.88. The minimum atomic E-state index is -0.849. The van der Waals surface area contributed by atoms with Crippen LogP contribution in [0.4, 0.5) is 4.39 Å². The highest BCUT2D eigenvalue weighted by molar-refractivity contribution is 4.73. The fourth-order valence-corrected chi connectivity index (χ4v) is 0.776. The smallest absolute Gasteiger partial charge is 0.115 e. The lowest BCUT2D eigenvalue weighted by molar-refractivity contribution is 0.0916. The monoisotopic (exact) mass is 149 g/mol. The predicted molar refractivity (Wildman–Crippen MR) is 39.4 cm³/mol. The van der Waals surface area contributed by atoms with Crippen molar-refractivity contribution in [3.63, 3.8) is 0 Å². The Morgan fingerprint density at radius 1 is 1.60 bits per heavy atom. The zero-order chi connectivity index (χ0) is 8.20.